The maximum absolute atomic E-state index is 12.8. The lowest BCUT2D eigenvalue weighted by atomic mass is 10.1. The van der Waals surface area contributed by atoms with Gasteiger partial charge in [-0.25, -0.2) is 0 Å². The maximum atomic E-state index is 12.8. The van der Waals surface area contributed by atoms with Crippen molar-refractivity contribution in [3.05, 3.63) is 95.6 Å². The van der Waals surface area contributed by atoms with Gasteiger partial charge in [-0.15, -0.1) is 0 Å². The summed E-state index contributed by atoms with van der Waals surface area (Å²) in [5.74, 6) is 0.807. The molecule has 0 radical (unpaired) electrons. The summed E-state index contributed by atoms with van der Waals surface area (Å²) in [7, 11) is 0. The highest BCUT2D eigenvalue weighted by molar-refractivity contribution is 6.07. The molecule has 0 spiro atoms. The minimum atomic E-state index is 0.0413. The van der Waals surface area contributed by atoms with Crippen molar-refractivity contribution < 1.29 is 9.53 Å². The first kappa shape index (κ1) is 15.5. The molecule has 0 bridgehead atoms. The van der Waals surface area contributed by atoms with Crippen LogP contribution in [0.25, 0.3) is 0 Å². The molecule has 1 aliphatic heterocycles. The van der Waals surface area contributed by atoms with Crippen LogP contribution in [0, 0.1) is 0 Å². The summed E-state index contributed by atoms with van der Waals surface area (Å²) in [6.07, 6.45) is 0.917. The molecule has 0 atom stereocenters. The van der Waals surface area contributed by atoms with Crippen LogP contribution in [0.1, 0.15) is 21.5 Å². The molecule has 3 aromatic rings. The van der Waals surface area contributed by atoms with Gasteiger partial charge in [-0.3, -0.25) is 4.79 Å². The van der Waals surface area contributed by atoms with Crippen LogP contribution in [0.2, 0.25) is 0 Å². The fraction of sp³-hybridized carbons (Fsp3) is 0.136. The lowest BCUT2D eigenvalue weighted by Crippen LogP contribution is -2.28. The molecule has 0 aromatic heterocycles. The summed E-state index contributed by atoms with van der Waals surface area (Å²) in [6.45, 7) is 1.26. The van der Waals surface area contributed by atoms with Crippen LogP contribution < -0.4 is 9.64 Å². The Bertz CT molecular complexity index is 872. The van der Waals surface area contributed by atoms with Crippen LogP contribution in [-0.4, -0.2) is 12.5 Å². The molecule has 0 aliphatic carbocycles. The average molecular weight is 329 g/mol. The zero-order valence-electron chi connectivity index (χ0n) is 13.9. The highest BCUT2D eigenvalue weighted by atomic mass is 16.5. The molecule has 0 saturated heterocycles. The van der Waals surface area contributed by atoms with E-state index in [0.29, 0.717) is 12.2 Å². The molecule has 0 N–H and O–H groups in total. The molecular weight excluding hydrogens is 310 g/mol. The van der Waals surface area contributed by atoms with E-state index in [1.54, 1.807) is 0 Å². The van der Waals surface area contributed by atoms with E-state index < -0.39 is 0 Å². The first-order valence-electron chi connectivity index (χ1n) is 8.48. The summed E-state index contributed by atoms with van der Waals surface area (Å²) in [4.78, 5) is 14.6. The van der Waals surface area contributed by atoms with Gasteiger partial charge in [0.1, 0.15) is 12.4 Å². The Kier molecular flexibility index (Phi) is 4.21. The third-order valence-corrected chi connectivity index (χ3v) is 4.48. The summed E-state index contributed by atoms with van der Waals surface area (Å²) in [5, 5.41) is 0. The van der Waals surface area contributed by atoms with Gasteiger partial charge in [0.25, 0.3) is 5.91 Å². The van der Waals surface area contributed by atoms with Gasteiger partial charge in [0, 0.05) is 17.8 Å². The van der Waals surface area contributed by atoms with Gasteiger partial charge in [0.05, 0.1) is 0 Å². The molecule has 124 valence electrons. The monoisotopic (exact) mass is 329 g/mol. The third kappa shape index (κ3) is 3.26. The molecule has 1 amide bonds. The zero-order valence-corrected chi connectivity index (χ0v) is 13.9. The largest absolute Gasteiger partial charge is 0.489 e. The number of nitrogens with zero attached hydrogens (tertiary/aromatic N) is 1. The lowest BCUT2D eigenvalue weighted by molar-refractivity contribution is 0.0989. The summed E-state index contributed by atoms with van der Waals surface area (Å²) in [6, 6.07) is 25.5. The number of carbonyl (C=O) groups is 1. The van der Waals surface area contributed by atoms with E-state index in [1.165, 1.54) is 5.56 Å². The smallest absolute Gasteiger partial charge is 0.258 e. The summed E-state index contributed by atoms with van der Waals surface area (Å²) >= 11 is 0. The second kappa shape index (κ2) is 6.81. The van der Waals surface area contributed by atoms with Crippen molar-refractivity contribution in [3.8, 4) is 5.75 Å². The van der Waals surface area contributed by atoms with Crippen molar-refractivity contribution in [3.63, 3.8) is 0 Å². The van der Waals surface area contributed by atoms with E-state index in [0.717, 1.165) is 30.0 Å². The summed E-state index contributed by atoms with van der Waals surface area (Å²) < 4.78 is 5.78. The summed E-state index contributed by atoms with van der Waals surface area (Å²) in [5.41, 5.74) is 4.07. The quantitative estimate of drug-likeness (QED) is 0.707. The Balaban J connectivity index is 1.44. The number of ether oxygens (including phenoxy) is 1. The number of benzene rings is 3. The van der Waals surface area contributed by atoms with Gasteiger partial charge in [0.2, 0.25) is 0 Å². The maximum Gasteiger partial charge on any atom is 0.258 e. The second-order valence-corrected chi connectivity index (χ2v) is 6.13. The van der Waals surface area contributed by atoms with Gasteiger partial charge in [-0.2, -0.15) is 0 Å². The number of fused-ring (bicyclic) bond motifs is 1. The number of carbonyl (C=O) groups excluding carboxylic acids is 1. The normalized spacial score (nSPS) is 12.7. The Morgan fingerprint density at radius 2 is 1.60 bits per heavy atom. The van der Waals surface area contributed by atoms with Crippen molar-refractivity contribution in [1.29, 1.82) is 0 Å². The average Bonchev–Trinajstić information content (AvgIpc) is 3.11. The topological polar surface area (TPSA) is 29.5 Å². The minimum absolute atomic E-state index is 0.0413. The Labute approximate surface area is 147 Å². The van der Waals surface area contributed by atoms with E-state index in [4.69, 9.17) is 4.74 Å². The van der Waals surface area contributed by atoms with E-state index in [2.05, 4.69) is 6.07 Å². The third-order valence-electron chi connectivity index (χ3n) is 4.48. The fourth-order valence-corrected chi connectivity index (χ4v) is 3.14. The van der Waals surface area contributed by atoms with E-state index in [9.17, 15) is 4.79 Å². The van der Waals surface area contributed by atoms with Gasteiger partial charge in [-0.05, 0) is 47.9 Å². The van der Waals surface area contributed by atoms with E-state index in [1.807, 2.05) is 77.7 Å². The highest BCUT2D eigenvalue weighted by Gasteiger charge is 2.24. The van der Waals surface area contributed by atoms with Crippen molar-refractivity contribution in [2.45, 2.75) is 13.0 Å². The molecule has 3 heteroatoms. The number of hydrogen-bond acceptors (Lipinski definition) is 2. The van der Waals surface area contributed by atoms with Crippen LogP contribution in [0.3, 0.4) is 0 Å². The Hall–Kier alpha value is -3.07. The number of hydrogen-bond donors (Lipinski definition) is 0. The minimum Gasteiger partial charge on any atom is -0.489 e. The predicted molar refractivity (Wildman–Crippen MR) is 99.0 cm³/mol. The van der Waals surface area contributed by atoms with Crippen LogP contribution in [-0.2, 0) is 13.0 Å². The van der Waals surface area contributed by atoms with Crippen LogP contribution in [0.5, 0.6) is 5.75 Å². The van der Waals surface area contributed by atoms with Gasteiger partial charge < -0.3 is 9.64 Å². The molecule has 0 unspecified atom stereocenters. The van der Waals surface area contributed by atoms with Crippen molar-refractivity contribution in [2.24, 2.45) is 0 Å². The van der Waals surface area contributed by atoms with Crippen molar-refractivity contribution in [2.75, 3.05) is 11.4 Å². The Morgan fingerprint density at radius 3 is 2.40 bits per heavy atom. The molecule has 3 aromatic carbocycles. The van der Waals surface area contributed by atoms with Crippen LogP contribution in [0.4, 0.5) is 5.69 Å². The number of rotatable bonds is 4. The molecule has 0 saturated carbocycles. The van der Waals surface area contributed by atoms with Gasteiger partial charge in [0.15, 0.2) is 0 Å². The van der Waals surface area contributed by atoms with Gasteiger partial charge >= 0.3 is 0 Å². The number of para-hydroxylation sites is 1. The van der Waals surface area contributed by atoms with Crippen molar-refractivity contribution >= 4 is 11.6 Å². The zero-order chi connectivity index (χ0) is 17.1. The fourth-order valence-electron chi connectivity index (χ4n) is 3.14. The molecule has 1 aliphatic rings. The van der Waals surface area contributed by atoms with E-state index in [-0.39, 0.29) is 5.91 Å². The number of anilines is 1. The second-order valence-electron chi connectivity index (χ2n) is 6.13. The standard InChI is InChI=1S/C22H19NO2/c24-22(23-15-14-18-8-4-5-9-21(18)23)19-10-12-20(13-11-19)25-16-17-6-2-1-3-7-17/h1-13H,14-16H2. The molecular formula is C22H19NO2. The van der Waals surface area contributed by atoms with Crippen LogP contribution >= 0.6 is 0 Å². The predicted octanol–water partition coefficient (Wildman–Crippen LogP) is 4.47. The molecule has 3 nitrogen and oxygen atoms in total. The van der Waals surface area contributed by atoms with Crippen LogP contribution in [0.15, 0.2) is 78.9 Å². The molecule has 25 heavy (non-hydrogen) atoms. The SMILES string of the molecule is O=C(c1ccc(OCc2ccccc2)cc1)N1CCc2ccccc21. The van der Waals surface area contributed by atoms with Gasteiger partial charge in [-0.1, -0.05) is 48.5 Å². The van der Waals surface area contributed by atoms with Crippen molar-refractivity contribution in [1.82, 2.24) is 0 Å². The number of amides is 1. The highest BCUT2D eigenvalue weighted by Crippen LogP contribution is 2.29. The first-order valence-corrected chi connectivity index (χ1v) is 8.48. The van der Waals surface area contributed by atoms with E-state index >= 15 is 0 Å². The Morgan fingerprint density at radius 1 is 0.880 bits per heavy atom. The molecule has 0 fully saturated rings. The molecule has 1 heterocycles. The molecule has 4 rings (SSSR count). The lowest BCUT2D eigenvalue weighted by Gasteiger charge is -2.17. The first-order chi connectivity index (χ1) is 12.3.